The summed E-state index contributed by atoms with van der Waals surface area (Å²) in [4.78, 5) is 15.6. The lowest BCUT2D eigenvalue weighted by Gasteiger charge is -2.22. The summed E-state index contributed by atoms with van der Waals surface area (Å²) in [6, 6.07) is 6.89. The zero-order valence-electron chi connectivity index (χ0n) is 11.2. The number of carboxylic acids is 1. The molecule has 1 aromatic carbocycles. The number of carboxylic acid groups (broad SMARTS) is 1. The summed E-state index contributed by atoms with van der Waals surface area (Å²) in [6.07, 6.45) is 1.68. The van der Waals surface area contributed by atoms with Gasteiger partial charge in [-0.15, -0.1) is 0 Å². The molecule has 2 aromatic rings. The van der Waals surface area contributed by atoms with Crippen LogP contribution in [0.15, 0.2) is 24.3 Å². The van der Waals surface area contributed by atoms with Crippen molar-refractivity contribution in [1.29, 1.82) is 0 Å². The molecule has 2 heterocycles. The molecule has 0 amide bonds. The molecule has 1 atom stereocenters. The number of carbonyl (C=O) groups is 1. The first-order valence-electron chi connectivity index (χ1n) is 6.69. The minimum atomic E-state index is -1.01. The summed E-state index contributed by atoms with van der Waals surface area (Å²) in [7, 11) is 0. The SMILES string of the molecule is CC1CCc2c(C(=O)O)nc(-c3ccccc3O)n2C1. The highest BCUT2D eigenvalue weighted by Crippen LogP contribution is 2.33. The average molecular weight is 272 g/mol. The lowest BCUT2D eigenvalue weighted by molar-refractivity contribution is 0.0689. The van der Waals surface area contributed by atoms with Crippen molar-refractivity contribution in [3.05, 3.63) is 35.7 Å². The van der Waals surface area contributed by atoms with Gasteiger partial charge in [-0.2, -0.15) is 0 Å². The molecule has 0 fully saturated rings. The highest BCUT2D eigenvalue weighted by Gasteiger charge is 2.27. The van der Waals surface area contributed by atoms with E-state index >= 15 is 0 Å². The van der Waals surface area contributed by atoms with Gasteiger partial charge in [-0.1, -0.05) is 19.1 Å². The van der Waals surface area contributed by atoms with Crippen LogP contribution in [0.2, 0.25) is 0 Å². The van der Waals surface area contributed by atoms with Crippen LogP contribution >= 0.6 is 0 Å². The Bertz CT molecular complexity index is 676. The van der Waals surface area contributed by atoms with Crippen LogP contribution < -0.4 is 0 Å². The highest BCUT2D eigenvalue weighted by atomic mass is 16.4. The molecule has 104 valence electrons. The Morgan fingerprint density at radius 2 is 2.15 bits per heavy atom. The lowest BCUT2D eigenvalue weighted by Crippen LogP contribution is -2.19. The number of hydrogen-bond donors (Lipinski definition) is 2. The Morgan fingerprint density at radius 3 is 2.85 bits per heavy atom. The topological polar surface area (TPSA) is 75.3 Å². The Balaban J connectivity index is 2.21. The predicted octanol–water partition coefficient (Wildman–Crippen LogP) is 2.54. The summed E-state index contributed by atoms with van der Waals surface area (Å²) in [5.41, 5.74) is 1.44. The number of imidazole rings is 1. The fraction of sp³-hybridized carbons (Fsp3) is 0.333. The third-order valence-corrected chi connectivity index (χ3v) is 3.79. The minimum Gasteiger partial charge on any atom is -0.507 e. The van der Waals surface area contributed by atoms with E-state index in [1.165, 1.54) is 0 Å². The fourth-order valence-corrected chi connectivity index (χ4v) is 2.76. The van der Waals surface area contributed by atoms with Crippen LogP contribution in [0.1, 0.15) is 29.5 Å². The van der Waals surface area contributed by atoms with E-state index in [2.05, 4.69) is 11.9 Å². The smallest absolute Gasteiger partial charge is 0.356 e. The van der Waals surface area contributed by atoms with Crippen molar-refractivity contribution in [2.75, 3.05) is 0 Å². The van der Waals surface area contributed by atoms with E-state index < -0.39 is 5.97 Å². The molecule has 20 heavy (non-hydrogen) atoms. The van der Waals surface area contributed by atoms with Gasteiger partial charge in [-0.05, 0) is 30.9 Å². The summed E-state index contributed by atoms with van der Waals surface area (Å²) in [5, 5.41) is 19.3. The molecule has 1 aromatic heterocycles. The number of aromatic nitrogens is 2. The number of phenols is 1. The first kappa shape index (κ1) is 12.7. The number of nitrogens with zero attached hydrogens (tertiary/aromatic N) is 2. The molecule has 1 aliphatic heterocycles. The van der Waals surface area contributed by atoms with Gasteiger partial charge in [-0.3, -0.25) is 0 Å². The number of phenolic OH excluding ortho intramolecular Hbond substituents is 1. The molecular weight excluding hydrogens is 256 g/mol. The van der Waals surface area contributed by atoms with Gasteiger partial charge < -0.3 is 14.8 Å². The predicted molar refractivity (Wildman–Crippen MR) is 73.8 cm³/mol. The number of rotatable bonds is 2. The summed E-state index contributed by atoms with van der Waals surface area (Å²) >= 11 is 0. The third kappa shape index (κ3) is 1.95. The van der Waals surface area contributed by atoms with Crippen molar-refractivity contribution in [2.24, 2.45) is 5.92 Å². The first-order valence-corrected chi connectivity index (χ1v) is 6.69. The highest BCUT2D eigenvalue weighted by molar-refractivity contribution is 5.88. The van der Waals surface area contributed by atoms with Crippen LogP contribution in [-0.2, 0) is 13.0 Å². The van der Waals surface area contributed by atoms with Gasteiger partial charge in [0.2, 0.25) is 0 Å². The van der Waals surface area contributed by atoms with Crippen LogP contribution in [0.3, 0.4) is 0 Å². The van der Waals surface area contributed by atoms with Crippen LogP contribution in [-0.4, -0.2) is 25.7 Å². The van der Waals surface area contributed by atoms with Crippen LogP contribution in [0.25, 0.3) is 11.4 Å². The molecule has 2 N–H and O–H groups in total. The maximum absolute atomic E-state index is 11.3. The molecule has 5 nitrogen and oxygen atoms in total. The molecule has 0 bridgehead atoms. The third-order valence-electron chi connectivity index (χ3n) is 3.79. The molecule has 0 saturated heterocycles. The number of aromatic hydroxyl groups is 1. The summed E-state index contributed by atoms with van der Waals surface area (Å²) in [5.74, 6) is 0.130. The molecular formula is C15H16N2O3. The second-order valence-corrected chi connectivity index (χ2v) is 5.31. The number of fused-ring (bicyclic) bond motifs is 1. The van der Waals surface area contributed by atoms with Crippen LogP contribution in [0, 0.1) is 5.92 Å². The minimum absolute atomic E-state index is 0.107. The van der Waals surface area contributed by atoms with E-state index in [9.17, 15) is 15.0 Å². The first-order chi connectivity index (χ1) is 9.58. The maximum Gasteiger partial charge on any atom is 0.356 e. The normalized spacial score (nSPS) is 17.8. The van der Waals surface area contributed by atoms with Gasteiger partial charge in [0.1, 0.15) is 11.6 Å². The molecule has 1 unspecified atom stereocenters. The Labute approximate surface area is 116 Å². The molecule has 1 aliphatic rings. The monoisotopic (exact) mass is 272 g/mol. The zero-order valence-corrected chi connectivity index (χ0v) is 11.2. The van der Waals surface area contributed by atoms with Crippen LogP contribution in [0.4, 0.5) is 0 Å². The van der Waals surface area contributed by atoms with Gasteiger partial charge >= 0.3 is 5.97 Å². The Kier molecular flexibility index (Phi) is 2.97. The molecule has 5 heteroatoms. The van der Waals surface area contributed by atoms with Crippen molar-refractivity contribution in [3.63, 3.8) is 0 Å². The van der Waals surface area contributed by atoms with Crippen molar-refractivity contribution >= 4 is 5.97 Å². The Hall–Kier alpha value is -2.30. The van der Waals surface area contributed by atoms with E-state index in [0.29, 0.717) is 23.7 Å². The number of para-hydroxylation sites is 1. The van der Waals surface area contributed by atoms with E-state index in [1.807, 2.05) is 10.6 Å². The largest absolute Gasteiger partial charge is 0.507 e. The maximum atomic E-state index is 11.3. The zero-order chi connectivity index (χ0) is 14.3. The van der Waals surface area contributed by atoms with Gasteiger partial charge in [0.25, 0.3) is 0 Å². The van der Waals surface area contributed by atoms with Crippen molar-refractivity contribution in [2.45, 2.75) is 26.3 Å². The van der Waals surface area contributed by atoms with Gasteiger partial charge in [0, 0.05) is 6.54 Å². The van der Waals surface area contributed by atoms with Crippen molar-refractivity contribution in [3.8, 4) is 17.1 Å². The van der Waals surface area contributed by atoms with E-state index in [0.717, 1.165) is 18.7 Å². The second kappa shape index (κ2) is 4.67. The molecule has 3 rings (SSSR count). The van der Waals surface area contributed by atoms with E-state index in [4.69, 9.17) is 0 Å². The van der Waals surface area contributed by atoms with Crippen molar-refractivity contribution < 1.29 is 15.0 Å². The van der Waals surface area contributed by atoms with Gasteiger partial charge in [0.05, 0.1) is 11.3 Å². The molecule has 0 aliphatic carbocycles. The number of benzene rings is 1. The van der Waals surface area contributed by atoms with E-state index in [1.54, 1.807) is 18.2 Å². The average Bonchev–Trinajstić information content (AvgIpc) is 2.78. The standard InChI is InChI=1S/C15H16N2O3/c1-9-6-7-11-13(15(19)20)16-14(17(11)8-9)10-4-2-3-5-12(10)18/h2-5,9,18H,6-8H2,1H3,(H,19,20). The summed E-state index contributed by atoms with van der Waals surface area (Å²) in [6.45, 7) is 2.87. The van der Waals surface area contributed by atoms with Crippen LogP contribution in [0.5, 0.6) is 5.75 Å². The fourth-order valence-electron chi connectivity index (χ4n) is 2.76. The van der Waals surface area contributed by atoms with E-state index in [-0.39, 0.29) is 11.4 Å². The Morgan fingerprint density at radius 1 is 1.40 bits per heavy atom. The number of aromatic carboxylic acids is 1. The molecule has 0 saturated carbocycles. The second-order valence-electron chi connectivity index (χ2n) is 5.31. The summed E-state index contributed by atoms with van der Waals surface area (Å²) < 4.78 is 1.94. The number of hydrogen-bond acceptors (Lipinski definition) is 3. The molecule has 0 spiro atoms. The quantitative estimate of drug-likeness (QED) is 0.881. The van der Waals surface area contributed by atoms with Crippen molar-refractivity contribution in [1.82, 2.24) is 9.55 Å². The molecule has 0 radical (unpaired) electrons. The van der Waals surface area contributed by atoms with Gasteiger partial charge in [-0.25, -0.2) is 9.78 Å². The lowest BCUT2D eigenvalue weighted by atomic mass is 9.98. The van der Waals surface area contributed by atoms with Gasteiger partial charge in [0.15, 0.2) is 5.69 Å².